The number of sulfonamides is 1. The minimum absolute atomic E-state index is 0.0906. The minimum atomic E-state index is -3.58. The van der Waals surface area contributed by atoms with Gasteiger partial charge in [0.1, 0.15) is 5.75 Å². The third-order valence-electron chi connectivity index (χ3n) is 5.32. The van der Waals surface area contributed by atoms with Crippen LogP contribution in [-0.2, 0) is 16.6 Å². The highest BCUT2D eigenvalue weighted by Crippen LogP contribution is 2.25. The zero-order chi connectivity index (χ0) is 20.5. The standard InChI is InChI=1S/C21H26N2O4S/c1-15-12-19(21(25)13-16(15)2)14-22-8-10-23(11-9-22)28(26,27)20-6-4-18(5-7-20)17(3)24/h4-7,12-13,25H,8-11,14H2,1-3H3. The molecule has 1 fully saturated rings. The van der Waals surface area contributed by atoms with E-state index in [1.54, 1.807) is 18.2 Å². The van der Waals surface area contributed by atoms with E-state index in [1.165, 1.54) is 23.4 Å². The first-order valence-electron chi connectivity index (χ1n) is 9.31. The maximum atomic E-state index is 12.9. The van der Waals surface area contributed by atoms with Crippen LogP contribution in [-0.4, -0.2) is 54.7 Å². The van der Waals surface area contributed by atoms with Crippen LogP contribution in [0.3, 0.4) is 0 Å². The summed E-state index contributed by atoms with van der Waals surface area (Å²) in [6.07, 6.45) is 0. The summed E-state index contributed by atoms with van der Waals surface area (Å²) < 4.78 is 27.2. The molecule has 2 aromatic rings. The molecule has 0 unspecified atom stereocenters. The number of hydrogen-bond donors (Lipinski definition) is 1. The Morgan fingerprint density at radius 1 is 1.00 bits per heavy atom. The van der Waals surface area contributed by atoms with Gasteiger partial charge in [-0.15, -0.1) is 0 Å². The molecule has 2 aromatic carbocycles. The van der Waals surface area contributed by atoms with Gasteiger partial charge < -0.3 is 5.11 Å². The number of phenols is 1. The third-order valence-corrected chi connectivity index (χ3v) is 7.23. The summed E-state index contributed by atoms with van der Waals surface area (Å²) >= 11 is 0. The van der Waals surface area contributed by atoms with Crippen molar-refractivity contribution in [1.29, 1.82) is 0 Å². The van der Waals surface area contributed by atoms with E-state index in [1.807, 2.05) is 19.9 Å². The largest absolute Gasteiger partial charge is 0.508 e. The summed E-state index contributed by atoms with van der Waals surface area (Å²) in [4.78, 5) is 13.7. The number of Topliss-reactive ketones (excluding diaryl/α,β-unsaturated/α-hetero) is 1. The number of ketones is 1. The fourth-order valence-electron chi connectivity index (χ4n) is 3.37. The van der Waals surface area contributed by atoms with E-state index >= 15 is 0 Å². The van der Waals surface area contributed by atoms with Gasteiger partial charge in [-0.05, 0) is 50.1 Å². The molecule has 28 heavy (non-hydrogen) atoms. The van der Waals surface area contributed by atoms with E-state index in [0.29, 0.717) is 38.3 Å². The number of hydrogen-bond acceptors (Lipinski definition) is 5. The van der Waals surface area contributed by atoms with E-state index in [4.69, 9.17) is 0 Å². The SMILES string of the molecule is CC(=O)c1ccc(S(=O)(=O)N2CCN(Cc3cc(C)c(C)cc3O)CC2)cc1. The Balaban J connectivity index is 1.66. The number of carbonyl (C=O) groups excluding carboxylic acids is 1. The van der Waals surface area contributed by atoms with Crippen molar-refractivity contribution in [3.05, 3.63) is 58.7 Å². The van der Waals surface area contributed by atoms with Gasteiger partial charge in [-0.1, -0.05) is 18.2 Å². The van der Waals surface area contributed by atoms with Crippen LogP contribution in [0.2, 0.25) is 0 Å². The first-order valence-corrected chi connectivity index (χ1v) is 10.7. The molecule has 1 aliphatic rings. The lowest BCUT2D eigenvalue weighted by atomic mass is 10.0. The highest BCUT2D eigenvalue weighted by molar-refractivity contribution is 7.89. The predicted octanol–water partition coefficient (Wildman–Crippen LogP) is 2.72. The normalized spacial score (nSPS) is 16.2. The molecular formula is C21H26N2O4S. The quantitative estimate of drug-likeness (QED) is 0.778. The second-order valence-corrected chi connectivity index (χ2v) is 9.26. The lowest BCUT2D eigenvalue weighted by Gasteiger charge is -2.34. The van der Waals surface area contributed by atoms with Crippen LogP contribution in [0.25, 0.3) is 0 Å². The van der Waals surface area contributed by atoms with Crippen LogP contribution in [0.15, 0.2) is 41.3 Å². The molecule has 0 radical (unpaired) electrons. The maximum Gasteiger partial charge on any atom is 0.243 e. The molecule has 0 saturated carbocycles. The number of benzene rings is 2. The highest BCUT2D eigenvalue weighted by Gasteiger charge is 2.28. The van der Waals surface area contributed by atoms with Gasteiger partial charge in [-0.3, -0.25) is 9.69 Å². The van der Waals surface area contributed by atoms with Gasteiger partial charge in [-0.2, -0.15) is 4.31 Å². The number of aromatic hydroxyl groups is 1. The number of carbonyl (C=O) groups is 1. The van der Waals surface area contributed by atoms with Crippen molar-refractivity contribution in [1.82, 2.24) is 9.21 Å². The van der Waals surface area contributed by atoms with Gasteiger partial charge in [0.25, 0.3) is 0 Å². The summed E-state index contributed by atoms with van der Waals surface area (Å²) in [6, 6.07) is 9.85. The fourth-order valence-corrected chi connectivity index (χ4v) is 4.79. The molecule has 0 spiro atoms. The lowest BCUT2D eigenvalue weighted by Crippen LogP contribution is -2.48. The van der Waals surface area contributed by atoms with Crippen LogP contribution in [0.4, 0.5) is 0 Å². The van der Waals surface area contributed by atoms with E-state index < -0.39 is 10.0 Å². The third kappa shape index (κ3) is 4.27. The zero-order valence-corrected chi connectivity index (χ0v) is 17.3. The van der Waals surface area contributed by atoms with Gasteiger partial charge in [0.05, 0.1) is 4.90 Å². The van der Waals surface area contributed by atoms with Gasteiger partial charge in [0, 0.05) is 43.9 Å². The molecule has 150 valence electrons. The summed E-state index contributed by atoms with van der Waals surface area (Å²) in [6.45, 7) is 7.99. The average Bonchev–Trinajstić information content (AvgIpc) is 2.66. The highest BCUT2D eigenvalue weighted by atomic mass is 32.2. The van der Waals surface area contributed by atoms with Crippen molar-refractivity contribution in [2.75, 3.05) is 26.2 Å². The Hall–Kier alpha value is -2.22. The van der Waals surface area contributed by atoms with Crippen LogP contribution >= 0.6 is 0 Å². The van der Waals surface area contributed by atoms with E-state index in [-0.39, 0.29) is 16.4 Å². The maximum absolute atomic E-state index is 12.9. The number of piperazine rings is 1. The Morgan fingerprint density at radius 2 is 1.57 bits per heavy atom. The van der Waals surface area contributed by atoms with Crippen molar-refractivity contribution in [3.8, 4) is 5.75 Å². The number of phenolic OH excluding ortho intramolecular Hbond substituents is 1. The molecule has 0 aliphatic carbocycles. The summed E-state index contributed by atoms with van der Waals surface area (Å²) in [5.74, 6) is 0.191. The zero-order valence-electron chi connectivity index (χ0n) is 16.5. The molecule has 6 nitrogen and oxygen atoms in total. The van der Waals surface area contributed by atoms with Crippen molar-refractivity contribution in [2.24, 2.45) is 0 Å². The van der Waals surface area contributed by atoms with Crippen LogP contribution in [0, 0.1) is 13.8 Å². The minimum Gasteiger partial charge on any atom is -0.508 e. The first-order chi connectivity index (χ1) is 13.2. The molecule has 7 heteroatoms. The fraction of sp³-hybridized carbons (Fsp3) is 0.381. The second kappa shape index (κ2) is 8.03. The molecule has 1 saturated heterocycles. The molecule has 3 rings (SSSR count). The second-order valence-electron chi connectivity index (χ2n) is 7.33. The van der Waals surface area contributed by atoms with Crippen LogP contribution < -0.4 is 0 Å². The Kier molecular flexibility index (Phi) is 5.88. The van der Waals surface area contributed by atoms with E-state index in [0.717, 1.165) is 16.7 Å². The monoisotopic (exact) mass is 402 g/mol. The Morgan fingerprint density at radius 3 is 2.14 bits per heavy atom. The molecule has 1 aliphatic heterocycles. The van der Waals surface area contributed by atoms with Crippen LogP contribution in [0.5, 0.6) is 5.75 Å². The summed E-state index contributed by atoms with van der Waals surface area (Å²) in [5, 5.41) is 10.2. The molecule has 0 atom stereocenters. The molecule has 0 amide bonds. The Bertz CT molecular complexity index is 976. The van der Waals surface area contributed by atoms with Gasteiger partial charge in [0.2, 0.25) is 10.0 Å². The molecule has 0 aromatic heterocycles. The Labute approximate surface area is 166 Å². The molecular weight excluding hydrogens is 376 g/mol. The predicted molar refractivity (Wildman–Crippen MR) is 108 cm³/mol. The number of nitrogens with zero attached hydrogens (tertiary/aromatic N) is 2. The summed E-state index contributed by atoms with van der Waals surface area (Å²) in [5.41, 5.74) is 3.53. The number of aryl methyl sites for hydroxylation is 2. The van der Waals surface area contributed by atoms with Gasteiger partial charge in [-0.25, -0.2) is 8.42 Å². The van der Waals surface area contributed by atoms with Crippen molar-refractivity contribution < 1.29 is 18.3 Å². The van der Waals surface area contributed by atoms with Crippen LogP contribution in [0.1, 0.15) is 34.0 Å². The smallest absolute Gasteiger partial charge is 0.243 e. The summed E-state index contributed by atoms with van der Waals surface area (Å²) in [7, 11) is -3.58. The van der Waals surface area contributed by atoms with Crippen molar-refractivity contribution >= 4 is 15.8 Å². The van der Waals surface area contributed by atoms with E-state index in [9.17, 15) is 18.3 Å². The van der Waals surface area contributed by atoms with Gasteiger partial charge >= 0.3 is 0 Å². The first kappa shape index (κ1) is 20.5. The molecule has 1 heterocycles. The number of rotatable bonds is 5. The van der Waals surface area contributed by atoms with Crippen molar-refractivity contribution in [3.63, 3.8) is 0 Å². The average molecular weight is 403 g/mol. The van der Waals surface area contributed by atoms with Crippen molar-refractivity contribution in [2.45, 2.75) is 32.2 Å². The topological polar surface area (TPSA) is 77.9 Å². The lowest BCUT2D eigenvalue weighted by molar-refractivity contribution is 0.101. The molecule has 1 N–H and O–H groups in total. The van der Waals surface area contributed by atoms with Gasteiger partial charge in [0.15, 0.2) is 5.78 Å². The van der Waals surface area contributed by atoms with E-state index in [2.05, 4.69) is 4.90 Å². The molecule has 0 bridgehead atoms.